The SMILES string of the molecule is O=C(CSc1nnnn1-c1ccc(O)cc1)N(Cc1ccccc1)C1CCS(=O)(=O)C1. The van der Waals surface area contributed by atoms with Crippen LogP contribution < -0.4 is 0 Å². The van der Waals surface area contributed by atoms with E-state index in [-0.39, 0.29) is 35.0 Å². The van der Waals surface area contributed by atoms with Crippen molar-refractivity contribution in [1.82, 2.24) is 25.1 Å². The van der Waals surface area contributed by atoms with E-state index in [1.165, 1.54) is 28.6 Å². The van der Waals surface area contributed by atoms with Gasteiger partial charge < -0.3 is 10.0 Å². The first-order valence-electron chi connectivity index (χ1n) is 9.66. The average molecular weight is 460 g/mol. The molecule has 1 unspecified atom stereocenters. The summed E-state index contributed by atoms with van der Waals surface area (Å²) in [6.45, 7) is 0.351. The summed E-state index contributed by atoms with van der Waals surface area (Å²) in [6, 6.07) is 15.6. The molecule has 0 aliphatic carbocycles. The van der Waals surface area contributed by atoms with Gasteiger partial charge in [0, 0.05) is 12.6 Å². The van der Waals surface area contributed by atoms with Crippen LogP contribution in [0.25, 0.3) is 5.69 Å². The van der Waals surface area contributed by atoms with Crippen LogP contribution in [0.15, 0.2) is 59.8 Å². The van der Waals surface area contributed by atoms with Crippen LogP contribution in [-0.4, -0.2) is 67.8 Å². The van der Waals surface area contributed by atoms with Crippen LogP contribution in [-0.2, 0) is 21.2 Å². The van der Waals surface area contributed by atoms with Gasteiger partial charge in [0.15, 0.2) is 9.84 Å². The molecular weight excluding hydrogens is 438 g/mol. The van der Waals surface area contributed by atoms with Crippen LogP contribution >= 0.6 is 11.8 Å². The molecule has 11 heteroatoms. The second kappa shape index (κ2) is 9.06. The molecule has 2 heterocycles. The third kappa shape index (κ3) is 5.23. The highest BCUT2D eigenvalue weighted by molar-refractivity contribution is 7.99. The summed E-state index contributed by atoms with van der Waals surface area (Å²) in [7, 11) is -3.13. The molecule has 4 rings (SSSR count). The van der Waals surface area contributed by atoms with E-state index in [0.717, 1.165) is 5.56 Å². The number of hydrogen-bond donors (Lipinski definition) is 1. The summed E-state index contributed by atoms with van der Waals surface area (Å²) in [4.78, 5) is 14.8. The molecule has 1 aliphatic rings. The summed E-state index contributed by atoms with van der Waals surface area (Å²) in [5.41, 5.74) is 1.60. The van der Waals surface area contributed by atoms with Crippen molar-refractivity contribution in [3.63, 3.8) is 0 Å². The third-order valence-corrected chi connectivity index (χ3v) is 7.68. The van der Waals surface area contributed by atoms with E-state index >= 15 is 0 Å². The average Bonchev–Trinajstić information content (AvgIpc) is 3.37. The molecule has 0 bridgehead atoms. The molecule has 2 aromatic carbocycles. The summed E-state index contributed by atoms with van der Waals surface area (Å²) in [5, 5.41) is 21.5. The Morgan fingerprint density at radius 3 is 2.58 bits per heavy atom. The maximum absolute atomic E-state index is 13.1. The van der Waals surface area contributed by atoms with Crippen LogP contribution in [0.2, 0.25) is 0 Å². The highest BCUT2D eigenvalue weighted by Crippen LogP contribution is 2.24. The van der Waals surface area contributed by atoms with Crippen LogP contribution in [0.1, 0.15) is 12.0 Å². The minimum absolute atomic E-state index is 0.0124. The number of carbonyl (C=O) groups excluding carboxylic acids is 1. The van der Waals surface area contributed by atoms with Gasteiger partial charge in [0.05, 0.1) is 22.9 Å². The Labute approximate surface area is 184 Å². The van der Waals surface area contributed by atoms with Crippen LogP contribution in [0, 0.1) is 0 Å². The van der Waals surface area contributed by atoms with Crippen LogP contribution in [0.4, 0.5) is 0 Å². The Kier molecular flexibility index (Phi) is 6.23. The van der Waals surface area contributed by atoms with Crippen molar-refractivity contribution in [2.45, 2.75) is 24.2 Å². The largest absolute Gasteiger partial charge is 0.508 e. The second-order valence-corrected chi connectivity index (χ2v) is 10.4. The number of amides is 1. The zero-order chi connectivity index (χ0) is 21.8. The number of tetrazole rings is 1. The Morgan fingerprint density at radius 1 is 1.16 bits per heavy atom. The number of rotatable bonds is 7. The van der Waals surface area contributed by atoms with Gasteiger partial charge in [0.25, 0.3) is 0 Å². The molecule has 0 radical (unpaired) electrons. The highest BCUT2D eigenvalue weighted by atomic mass is 32.2. The first-order chi connectivity index (χ1) is 14.9. The van der Waals surface area contributed by atoms with Crippen molar-refractivity contribution in [2.75, 3.05) is 17.3 Å². The van der Waals surface area contributed by atoms with Gasteiger partial charge in [-0.05, 0) is 46.7 Å². The van der Waals surface area contributed by atoms with Gasteiger partial charge in [0.1, 0.15) is 5.75 Å². The molecule has 1 saturated heterocycles. The van der Waals surface area contributed by atoms with E-state index in [4.69, 9.17) is 0 Å². The molecule has 1 amide bonds. The quantitative estimate of drug-likeness (QED) is 0.530. The van der Waals surface area contributed by atoms with Crippen molar-refractivity contribution < 1.29 is 18.3 Å². The molecule has 3 aromatic rings. The van der Waals surface area contributed by atoms with Crippen LogP contribution in [0.5, 0.6) is 5.75 Å². The van der Waals surface area contributed by atoms with Gasteiger partial charge in [0.2, 0.25) is 11.1 Å². The monoisotopic (exact) mass is 459 g/mol. The molecular formula is C20H21N5O4S2. The number of thioether (sulfide) groups is 1. The molecule has 1 fully saturated rings. The number of sulfone groups is 1. The highest BCUT2D eigenvalue weighted by Gasteiger charge is 2.34. The number of aromatic hydroxyl groups is 1. The molecule has 0 saturated carbocycles. The van der Waals surface area contributed by atoms with Crippen molar-refractivity contribution in [2.24, 2.45) is 0 Å². The van der Waals surface area contributed by atoms with Crippen molar-refractivity contribution in [1.29, 1.82) is 0 Å². The van der Waals surface area contributed by atoms with E-state index in [1.807, 2.05) is 30.3 Å². The molecule has 162 valence electrons. The lowest BCUT2D eigenvalue weighted by molar-refractivity contribution is -0.130. The van der Waals surface area contributed by atoms with E-state index in [9.17, 15) is 18.3 Å². The predicted octanol–water partition coefficient (Wildman–Crippen LogP) is 1.68. The van der Waals surface area contributed by atoms with Crippen molar-refractivity contribution >= 4 is 27.5 Å². The van der Waals surface area contributed by atoms with E-state index in [0.29, 0.717) is 23.8 Å². The van der Waals surface area contributed by atoms with Gasteiger partial charge in [-0.15, -0.1) is 5.10 Å². The van der Waals surface area contributed by atoms with Gasteiger partial charge in [-0.2, -0.15) is 4.68 Å². The zero-order valence-electron chi connectivity index (χ0n) is 16.5. The number of carbonyl (C=O) groups is 1. The summed E-state index contributed by atoms with van der Waals surface area (Å²) in [6.07, 6.45) is 0.441. The molecule has 1 aromatic heterocycles. The smallest absolute Gasteiger partial charge is 0.233 e. The Morgan fingerprint density at radius 2 is 1.90 bits per heavy atom. The fraction of sp³-hybridized carbons (Fsp3) is 0.300. The number of aromatic nitrogens is 4. The van der Waals surface area contributed by atoms with Crippen molar-refractivity contribution in [3.05, 3.63) is 60.2 Å². The molecule has 9 nitrogen and oxygen atoms in total. The third-order valence-electron chi connectivity index (χ3n) is 5.03. The summed E-state index contributed by atoms with van der Waals surface area (Å²) in [5.74, 6) is 0.117. The number of phenols is 1. The van der Waals surface area contributed by atoms with E-state index in [2.05, 4.69) is 15.5 Å². The minimum Gasteiger partial charge on any atom is -0.508 e. The maximum atomic E-state index is 13.1. The van der Waals surface area contributed by atoms with Crippen molar-refractivity contribution in [3.8, 4) is 11.4 Å². The Balaban J connectivity index is 1.49. The number of phenolic OH excluding ortho intramolecular Hbond substituents is 1. The molecule has 31 heavy (non-hydrogen) atoms. The lowest BCUT2D eigenvalue weighted by Gasteiger charge is -2.28. The van der Waals surface area contributed by atoms with Gasteiger partial charge in [-0.1, -0.05) is 42.1 Å². The summed E-state index contributed by atoms with van der Waals surface area (Å²) < 4.78 is 25.5. The molecule has 1 N–H and O–H groups in total. The lowest BCUT2D eigenvalue weighted by atomic mass is 10.1. The minimum atomic E-state index is -3.13. The van der Waals surface area contributed by atoms with Gasteiger partial charge in [-0.3, -0.25) is 4.79 Å². The number of benzene rings is 2. The zero-order valence-corrected chi connectivity index (χ0v) is 18.2. The topological polar surface area (TPSA) is 118 Å². The fourth-order valence-corrected chi connectivity index (χ4v) is 5.96. The Bertz CT molecular complexity index is 1150. The first kappa shape index (κ1) is 21.3. The first-order valence-corrected chi connectivity index (χ1v) is 12.5. The number of nitrogens with zero attached hydrogens (tertiary/aromatic N) is 5. The van der Waals surface area contributed by atoms with E-state index < -0.39 is 9.84 Å². The normalized spacial score (nSPS) is 17.5. The standard InChI is InChI=1S/C20H21N5O4S2/c26-18-8-6-16(7-9-18)25-20(21-22-23-25)30-13-19(27)24(12-15-4-2-1-3-5-15)17-10-11-31(28,29)14-17/h1-9,17,26H,10-14H2. The fourth-order valence-electron chi connectivity index (χ4n) is 3.46. The number of hydrogen-bond acceptors (Lipinski definition) is 8. The molecule has 1 aliphatic heterocycles. The van der Waals surface area contributed by atoms with Gasteiger partial charge in [-0.25, -0.2) is 8.42 Å². The summed E-state index contributed by atoms with van der Waals surface area (Å²) >= 11 is 1.18. The van der Waals surface area contributed by atoms with E-state index in [1.54, 1.807) is 17.0 Å². The molecule has 0 spiro atoms. The maximum Gasteiger partial charge on any atom is 0.233 e. The van der Waals surface area contributed by atoms with Gasteiger partial charge >= 0.3 is 0 Å². The second-order valence-electron chi connectivity index (χ2n) is 7.24. The Hall–Kier alpha value is -2.92. The van der Waals surface area contributed by atoms with Crippen LogP contribution in [0.3, 0.4) is 0 Å². The lowest BCUT2D eigenvalue weighted by Crippen LogP contribution is -2.41. The molecule has 1 atom stereocenters. The predicted molar refractivity (Wildman–Crippen MR) is 116 cm³/mol.